The van der Waals surface area contributed by atoms with Crippen LogP contribution in [0.4, 0.5) is 5.69 Å². The Morgan fingerprint density at radius 2 is 1.95 bits per heavy atom. The molecule has 2 rings (SSSR count). The SMILES string of the molecule is N#C/C(=C/c1ccc(O)c([N+](=O)[O-])c1)c1ccc(Cl)c(Cl)c1. The number of benzene rings is 2. The summed E-state index contributed by atoms with van der Waals surface area (Å²) in [4.78, 5) is 10.1. The average Bonchev–Trinajstić information content (AvgIpc) is 2.49. The zero-order valence-electron chi connectivity index (χ0n) is 11.0. The van der Waals surface area contributed by atoms with E-state index >= 15 is 0 Å². The lowest BCUT2D eigenvalue weighted by Crippen LogP contribution is -1.89. The smallest absolute Gasteiger partial charge is 0.311 e. The lowest BCUT2D eigenvalue weighted by Gasteiger charge is -2.03. The molecule has 0 saturated heterocycles. The van der Waals surface area contributed by atoms with Crippen LogP contribution < -0.4 is 0 Å². The Bertz CT molecular complexity index is 826. The molecule has 0 saturated carbocycles. The number of allylic oxidation sites excluding steroid dienone is 1. The second-order valence-corrected chi connectivity index (χ2v) is 5.12. The number of phenols is 1. The van der Waals surface area contributed by atoms with E-state index in [2.05, 4.69) is 0 Å². The predicted octanol–water partition coefficient (Wildman–Crippen LogP) is 4.67. The highest BCUT2D eigenvalue weighted by molar-refractivity contribution is 6.42. The third-order valence-electron chi connectivity index (χ3n) is 2.86. The third-order valence-corrected chi connectivity index (χ3v) is 3.60. The molecule has 110 valence electrons. The number of nitrogens with zero attached hydrogens (tertiary/aromatic N) is 2. The number of nitro groups is 1. The lowest BCUT2D eigenvalue weighted by molar-refractivity contribution is -0.385. The number of hydrogen-bond donors (Lipinski definition) is 1. The first-order valence-corrected chi connectivity index (χ1v) is 6.72. The first kappa shape index (κ1) is 15.8. The minimum Gasteiger partial charge on any atom is -0.502 e. The van der Waals surface area contributed by atoms with E-state index in [-0.39, 0.29) is 5.57 Å². The highest BCUT2D eigenvalue weighted by Gasteiger charge is 2.13. The number of nitro benzene ring substituents is 1. The molecular formula is C15H8Cl2N2O3. The highest BCUT2D eigenvalue weighted by atomic mass is 35.5. The molecule has 1 N–H and O–H groups in total. The van der Waals surface area contributed by atoms with E-state index in [1.807, 2.05) is 6.07 Å². The Kier molecular flexibility index (Phi) is 4.66. The van der Waals surface area contributed by atoms with Gasteiger partial charge in [-0.05, 0) is 35.4 Å². The van der Waals surface area contributed by atoms with Crippen molar-refractivity contribution in [3.8, 4) is 11.8 Å². The zero-order valence-corrected chi connectivity index (χ0v) is 12.5. The molecule has 2 aromatic carbocycles. The second kappa shape index (κ2) is 6.48. The Morgan fingerprint density at radius 3 is 2.55 bits per heavy atom. The fraction of sp³-hybridized carbons (Fsp3) is 0. The summed E-state index contributed by atoms with van der Waals surface area (Å²) in [6.45, 7) is 0. The molecule has 0 aromatic heterocycles. The van der Waals surface area contributed by atoms with Crippen molar-refractivity contribution < 1.29 is 10.0 Å². The molecule has 7 heteroatoms. The Labute approximate surface area is 135 Å². The number of nitriles is 1. The lowest BCUT2D eigenvalue weighted by atomic mass is 10.0. The van der Waals surface area contributed by atoms with Gasteiger partial charge in [0.25, 0.3) is 0 Å². The molecule has 0 fully saturated rings. The van der Waals surface area contributed by atoms with E-state index in [0.29, 0.717) is 21.2 Å². The first-order chi connectivity index (χ1) is 10.4. The number of hydrogen-bond acceptors (Lipinski definition) is 4. The Balaban J connectivity index is 2.49. The second-order valence-electron chi connectivity index (χ2n) is 4.30. The summed E-state index contributed by atoms with van der Waals surface area (Å²) in [5.41, 5.74) is 0.776. The van der Waals surface area contributed by atoms with Gasteiger partial charge in [0.2, 0.25) is 0 Å². The zero-order chi connectivity index (χ0) is 16.3. The summed E-state index contributed by atoms with van der Waals surface area (Å²) >= 11 is 11.7. The minimum absolute atomic E-state index is 0.263. The van der Waals surface area contributed by atoms with E-state index < -0.39 is 16.4 Å². The Hall–Kier alpha value is -2.55. The van der Waals surface area contributed by atoms with Crippen LogP contribution in [-0.2, 0) is 0 Å². The summed E-state index contributed by atoms with van der Waals surface area (Å²) in [6.07, 6.45) is 1.46. The van der Waals surface area contributed by atoms with Crippen LogP contribution in [0.25, 0.3) is 11.6 Å². The van der Waals surface area contributed by atoms with Crippen LogP contribution in [0.3, 0.4) is 0 Å². The van der Waals surface area contributed by atoms with Gasteiger partial charge in [-0.3, -0.25) is 10.1 Å². The van der Waals surface area contributed by atoms with Gasteiger partial charge in [0, 0.05) is 6.07 Å². The van der Waals surface area contributed by atoms with Crippen LogP contribution in [0.15, 0.2) is 36.4 Å². The van der Waals surface area contributed by atoms with Crippen LogP contribution in [0.5, 0.6) is 5.75 Å². The normalized spacial score (nSPS) is 11.0. The van der Waals surface area contributed by atoms with Gasteiger partial charge in [0.05, 0.1) is 26.6 Å². The molecule has 0 aliphatic carbocycles. The number of halogens is 2. The van der Waals surface area contributed by atoms with E-state index in [1.54, 1.807) is 12.1 Å². The molecule has 0 radical (unpaired) electrons. The van der Waals surface area contributed by atoms with Crippen molar-refractivity contribution in [2.24, 2.45) is 0 Å². The molecule has 0 amide bonds. The summed E-state index contributed by atoms with van der Waals surface area (Å²) < 4.78 is 0. The molecule has 5 nitrogen and oxygen atoms in total. The van der Waals surface area contributed by atoms with Crippen LogP contribution >= 0.6 is 23.2 Å². The molecule has 0 aliphatic heterocycles. The number of aromatic hydroxyl groups is 1. The molecule has 0 spiro atoms. The van der Waals surface area contributed by atoms with Gasteiger partial charge in [-0.25, -0.2) is 0 Å². The molecule has 0 atom stereocenters. The standard InChI is InChI=1S/C15H8Cl2N2O3/c16-12-3-2-10(7-13(12)17)11(8-18)5-9-1-4-15(20)14(6-9)19(21)22/h1-7,20H/b11-5-. The van der Waals surface area contributed by atoms with Crippen molar-refractivity contribution in [3.63, 3.8) is 0 Å². The fourth-order valence-electron chi connectivity index (χ4n) is 1.79. The van der Waals surface area contributed by atoms with Gasteiger partial charge < -0.3 is 5.11 Å². The molecule has 0 unspecified atom stereocenters. The maximum Gasteiger partial charge on any atom is 0.311 e. The highest BCUT2D eigenvalue weighted by Crippen LogP contribution is 2.30. The molecule has 22 heavy (non-hydrogen) atoms. The van der Waals surface area contributed by atoms with Crippen LogP contribution in [-0.4, -0.2) is 10.0 Å². The summed E-state index contributed by atoms with van der Waals surface area (Å²) in [5, 5.41) is 30.2. The fourth-order valence-corrected chi connectivity index (χ4v) is 2.09. The maximum absolute atomic E-state index is 10.8. The van der Waals surface area contributed by atoms with Crippen molar-refractivity contribution in [3.05, 3.63) is 67.7 Å². The van der Waals surface area contributed by atoms with E-state index in [9.17, 15) is 20.5 Å². The van der Waals surface area contributed by atoms with Crippen molar-refractivity contribution in [1.29, 1.82) is 5.26 Å². The van der Waals surface area contributed by atoms with Gasteiger partial charge in [-0.2, -0.15) is 5.26 Å². The van der Waals surface area contributed by atoms with Crippen LogP contribution in [0, 0.1) is 21.4 Å². The predicted molar refractivity (Wildman–Crippen MR) is 84.7 cm³/mol. The maximum atomic E-state index is 10.8. The number of phenolic OH excluding ortho intramolecular Hbond substituents is 1. The van der Waals surface area contributed by atoms with Gasteiger partial charge in [-0.1, -0.05) is 35.3 Å². The monoisotopic (exact) mass is 334 g/mol. The van der Waals surface area contributed by atoms with Crippen molar-refractivity contribution in [1.82, 2.24) is 0 Å². The molecule has 2 aromatic rings. The first-order valence-electron chi connectivity index (χ1n) is 5.97. The third kappa shape index (κ3) is 3.37. The molecule has 0 heterocycles. The minimum atomic E-state index is -0.697. The molecule has 0 bridgehead atoms. The van der Waals surface area contributed by atoms with Crippen molar-refractivity contribution >= 4 is 40.5 Å². The van der Waals surface area contributed by atoms with Gasteiger partial charge in [0.15, 0.2) is 5.75 Å². The van der Waals surface area contributed by atoms with Crippen LogP contribution in [0.2, 0.25) is 10.0 Å². The average molecular weight is 335 g/mol. The topological polar surface area (TPSA) is 87.2 Å². The van der Waals surface area contributed by atoms with E-state index in [4.69, 9.17) is 23.2 Å². The van der Waals surface area contributed by atoms with Gasteiger partial charge >= 0.3 is 5.69 Å². The summed E-state index contributed by atoms with van der Waals surface area (Å²) in [6, 6.07) is 10.6. The quantitative estimate of drug-likeness (QED) is 0.382. The van der Waals surface area contributed by atoms with E-state index in [1.165, 1.54) is 30.3 Å². The van der Waals surface area contributed by atoms with Crippen LogP contribution in [0.1, 0.15) is 11.1 Å². The largest absolute Gasteiger partial charge is 0.502 e. The Morgan fingerprint density at radius 1 is 1.23 bits per heavy atom. The van der Waals surface area contributed by atoms with Gasteiger partial charge in [0.1, 0.15) is 0 Å². The summed E-state index contributed by atoms with van der Waals surface area (Å²) in [5.74, 6) is -0.435. The molecular weight excluding hydrogens is 327 g/mol. The van der Waals surface area contributed by atoms with Gasteiger partial charge in [-0.15, -0.1) is 0 Å². The number of rotatable bonds is 3. The van der Waals surface area contributed by atoms with E-state index in [0.717, 1.165) is 0 Å². The molecule has 0 aliphatic rings. The summed E-state index contributed by atoms with van der Waals surface area (Å²) in [7, 11) is 0. The van der Waals surface area contributed by atoms with Crippen molar-refractivity contribution in [2.75, 3.05) is 0 Å². The van der Waals surface area contributed by atoms with Crippen molar-refractivity contribution in [2.45, 2.75) is 0 Å².